The van der Waals surface area contributed by atoms with Crippen molar-refractivity contribution in [3.05, 3.63) is 59.2 Å². The molecule has 0 bridgehead atoms. The molecule has 0 heterocycles. The first-order valence-electron chi connectivity index (χ1n) is 5.79. The van der Waals surface area contributed by atoms with E-state index in [1.54, 1.807) is 43.3 Å². The van der Waals surface area contributed by atoms with Crippen LogP contribution in [0.3, 0.4) is 0 Å². The third-order valence-electron chi connectivity index (χ3n) is 2.96. The van der Waals surface area contributed by atoms with Gasteiger partial charge in [-0.1, -0.05) is 43.3 Å². The zero-order chi connectivity index (χ0) is 13.1. The van der Waals surface area contributed by atoms with Crippen molar-refractivity contribution >= 4 is 0 Å². The second kappa shape index (κ2) is 5.25. The molecule has 0 saturated heterocycles. The number of halogens is 3. The van der Waals surface area contributed by atoms with Gasteiger partial charge in [0.15, 0.2) is 11.6 Å². The van der Waals surface area contributed by atoms with E-state index in [1.165, 1.54) is 0 Å². The van der Waals surface area contributed by atoms with Crippen LogP contribution < -0.4 is 0 Å². The van der Waals surface area contributed by atoms with Gasteiger partial charge in [-0.05, 0) is 23.1 Å². The van der Waals surface area contributed by atoms with Crippen LogP contribution in [0.1, 0.15) is 18.1 Å². The van der Waals surface area contributed by atoms with Gasteiger partial charge < -0.3 is 0 Å². The molecule has 0 aliphatic heterocycles. The number of aryl methyl sites for hydroxylation is 1. The summed E-state index contributed by atoms with van der Waals surface area (Å²) in [4.78, 5) is 0. The predicted molar refractivity (Wildman–Crippen MR) is 66.0 cm³/mol. The van der Waals surface area contributed by atoms with Crippen molar-refractivity contribution < 1.29 is 13.2 Å². The average Bonchev–Trinajstić information content (AvgIpc) is 2.42. The van der Waals surface area contributed by atoms with Gasteiger partial charge in [-0.25, -0.2) is 13.2 Å². The second-order valence-electron chi connectivity index (χ2n) is 4.08. The van der Waals surface area contributed by atoms with Crippen LogP contribution in [0.2, 0.25) is 0 Å². The number of rotatable bonds is 3. The van der Waals surface area contributed by atoms with E-state index in [4.69, 9.17) is 0 Å². The first-order chi connectivity index (χ1) is 8.67. The number of hydrogen-bond donors (Lipinski definition) is 0. The summed E-state index contributed by atoms with van der Waals surface area (Å²) in [6.07, 6.45) is 0.448. The standard InChI is InChI=1S/C15H13F3/c1-2-11-7-8-13(15(18)14(11)17)12-5-3-10(9-16)4-6-12/h3-8H,2,9H2,1H3. The Balaban J connectivity index is 2.47. The van der Waals surface area contributed by atoms with Gasteiger partial charge in [-0.2, -0.15) is 0 Å². The molecule has 0 N–H and O–H groups in total. The molecule has 94 valence electrons. The third-order valence-corrected chi connectivity index (χ3v) is 2.96. The van der Waals surface area contributed by atoms with Crippen molar-refractivity contribution in [1.82, 2.24) is 0 Å². The molecule has 0 nitrogen and oxygen atoms in total. The lowest BCUT2D eigenvalue weighted by atomic mass is 10.0. The fourth-order valence-electron chi connectivity index (χ4n) is 1.86. The molecule has 0 saturated carbocycles. The first kappa shape index (κ1) is 12.7. The van der Waals surface area contributed by atoms with Gasteiger partial charge in [-0.15, -0.1) is 0 Å². The Morgan fingerprint density at radius 1 is 0.889 bits per heavy atom. The van der Waals surface area contributed by atoms with Gasteiger partial charge in [0.25, 0.3) is 0 Å². The van der Waals surface area contributed by atoms with Crippen LogP contribution in [0.5, 0.6) is 0 Å². The Morgan fingerprint density at radius 2 is 1.56 bits per heavy atom. The van der Waals surface area contributed by atoms with E-state index < -0.39 is 18.3 Å². The Morgan fingerprint density at radius 3 is 2.11 bits per heavy atom. The molecule has 2 aromatic rings. The maximum atomic E-state index is 13.9. The summed E-state index contributed by atoms with van der Waals surface area (Å²) in [7, 11) is 0. The van der Waals surface area contributed by atoms with Gasteiger partial charge in [0.2, 0.25) is 0 Å². The highest BCUT2D eigenvalue weighted by atomic mass is 19.2. The monoisotopic (exact) mass is 250 g/mol. The summed E-state index contributed by atoms with van der Waals surface area (Å²) in [6, 6.07) is 9.47. The van der Waals surface area contributed by atoms with Crippen LogP contribution in [0.15, 0.2) is 36.4 Å². The molecule has 2 rings (SSSR count). The van der Waals surface area contributed by atoms with Gasteiger partial charge in [0.1, 0.15) is 6.67 Å². The summed E-state index contributed by atoms with van der Waals surface area (Å²) in [5, 5.41) is 0. The van der Waals surface area contributed by atoms with Crippen LogP contribution in [-0.4, -0.2) is 0 Å². The number of hydrogen-bond acceptors (Lipinski definition) is 0. The van der Waals surface area contributed by atoms with Crippen molar-refractivity contribution in [2.45, 2.75) is 20.0 Å². The van der Waals surface area contributed by atoms with Crippen molar-refractivity contribution in [3.8, 4) is 11.1 Å². The molecule has 18 heavy (non-hydrogen) atoms. The minimum atomic E-state index is -0.845. The molecule has 0 unspecified atom stereocenters. The molecular weight excluding hydrogens is 237 g/mol. The maximum absolute atomic E-state index is 13.9. The average molecular weight is 250 g/mol. The molecule has 0 amide bonds. The van der Waals surface area contributed by atoms with Crippen molar-refractivity contribution in [2.24, 2.45) is 0 Å². The summed E-state index contributed by atoms with van der Waals surface area (Å²) in [6.45, 7) is 1.21. The number of benzene rings is 2. The lowest BCUT2D eigenvalue weighted by molar-refractivity contribution is 0.485. The predicted octanol–water partition coefficient (Wildman–Crippen LogP) is 4.66. The molecule has 3 heteroatoms. The van der Waals surface area contributed by atoms with Crippen molar-refractivity contribution in [2.75, 3.05) is 0 Å². The van der Waals surface area contributed by atoms with Crippen molar-refractivity contribution in [3.63, 3.8) is 0 Å². The Bertz CT molecular complexity index is 544. The molecule has 0 aromatic heterocycles. The molecule has 0 aliphatic carbocycles. The van der Waals surface area contributed by atoms with Crippen LogP contribution in [0.25, 0.3) is 11.1 Å². The number of alkyl halides is 1. The van der Waals surface area contributed by atoms with Gasteiger partial charge in [0.05, 0.1) is 0 Å². The minimum absolute atomic E-state index is 0.204. The zero-order valence-electron chi connectivity index (χ0n) is 10.0. The maximum Gasteiger partial charge on any atom is 0.166 e. The third kappa shape index (κ3) is 2.26. The highest BCUT2D eigenvalue weighted by Crippen LogP contribution is 2.27. The molecule has 0 aliphatic rings. The van der Waals surface area contributed by atoms with E-state index in [0.29, 0.717) is 23.1 Å². The molecular formula is C15H13F3. The van der Waals surface area contributed by atoms with E-state index in [-0.39, 0.29) is 5.56 Å². The lowest BCUT2D eigenvalue weighted by Gasteiger charge is -2.08. The lowest BCUT2D eigenvalue weighted by Crippen LogP contribution is -1.95. The summed E-state index contributed by atoms with van der Waals surface area (Å²) >= 11 is 0. The quantitative estimate of drug-likeness (QED) is 0.743. The second-order valence-corrected chi connectivity index (χ2v) is 4.08. The van der Waals surface area contributed by atoms with E-state index in [2.05, 4.69) is 0 Å². The zero-order valence-corrected chi connectivity index (χ0v) is 10.0. The fraction of sp³-hybridized carbons (Fsp3) is 0.200. The molecule has 0 radical (unpaired) electrons. The Hall–Kier alpha value is -1.77. The summed E-state index contributed by atoms with van der Waals surface area (Å²) in [5.74, 6) is -1.65. The largest absolute Gasteiger partial charge is 0.246 e. The van der Waals surface area contributed by atoms with Gasteiger partial charge in [0, 0.05) is 5.56 Å². The van der Waals surface area contributed by atoms with Gasteiger partial charge in [-0.3, -0.25) is 0 Å². The topological polar surface area (TPSA) is 0 Å². The van der Waals surface area contributed by atoms with E-state index in [0.717, 1.165) is 0 Å². The minimum Gasteiger partial charge on any atom is -0.246 e. The first-order valence-corrected chi connectivity index (χ1v) is 5.79. The normalized spacial score (nSPS) is 10.7. The highest BCUT2D eigenvalue weighted by molar-refractivity contribution is 5.65. The molecule has 0 fully saturated rings. The molecule has 2 aromatic carbocycles. The van der Waals surface area contributed by atoms with Crippen LogP contribution in [-0.2, 0) is 13.1 Å². The van der Waals surface area contributed by atoms with Crippen molar-refractivity contribution in [1.29, 1.82) is 0 Å². The van der Waals surface area contributed by atoms with E-state index in [9.17, 15) is 13.2 Å². The van der Waals surface area contributed by atoms with Gasteiger partial charge >= 0.3 is 0 Å². The fourth-order valence-corrected chi connectivity index (χ4v) is 1.86. The molecule has 0 spiro atoms. The van der Waals surface area contributed by atoms with E-state index >= 15 is 0 Å². The highest BCUT2D eigenvalue weighted by Gasteiger charge is 2.13. The summed E-state index contributed by atoms with van der Waals surface area (Å²) in [5.41, 5.74) is 1.63. The Labute approximate surface area is 104 Å². The SMILES string of the molecule is CCc1ccc(-c2ccc(CF)cc2)c(F)c1F. The Kier molecular flexibility index (Phi) is 3.70. The van der Waals surface area contributed by atoms with Crippen LogP contribution >= 0.6 is 0 Å². The molecule has 0 atom stereocenters. The summed E-state index contributed by atoms with van der Waals surface area (Å²) < 4.78 is 39.9. The van der Waals surface area contributed by atoms with E-state index in [1.807, 2.05) is 0 Å². The van der Waals surface area contributed by atoms with Crippen LogP contribution in [0.4, 0.5) is 13.2 Å². The van der Waals surface area contributed by atoms with Crippen LogP contribution in [0, 0.1) is 11.6 Å². The smallest absolute Gasteiger partial charge is 0.166 e.